The van der Waals surface area contributed by atoms with E-state index in [9.17, 15) is 0 Å². The average molecular weight is 420 g/mol. The normalized spacial score (nSPS) is 31.9. The number of nitrogens with zero attached hydrogens (tertiary/aromatic N) is 2. The molecule has 4 heteroatoms. The molecule has 5 atom stereocenters. The Bertz CT molecular complexity index is 588. The molecule has 0 saturated carbocycles. The van der Waals surface area contributed by atoms with Crippen LogP contribution in [0.3, 0.4) is 0 Å². The van der Waals surface area contributed by atoms with E-state index in [0.717, 1.165) is 31.0 Å². The van der Waals surface area contributed by atoms with Crippen molar-refractivity contribution in [1.82, 2.24) is 15.1 Å². The zero-order valence-electron chi connectivity index (χ0n) is 21.1. The maximum Gasteiger partial charge on any atom is 0.108 e. The van der Waals surface area contributed by atoms with Crippen LogP contribution < -0.4 is 5.32 Å². The summed E-state index contributed by atoms with van der Waals surface area (Å²) in [6.07, 6.45) is 7.81. The summed E-state index contributed by atoms with van der Waals surface area (Å²) in [5, 5.41) is 4.00. The van der Waals surface area contributed by atoms with Crippen LogP contribution in [0, 0.1) is 11.8 Å². The lowest BCUT2D eigenvalue weighted by Gasteiger charge is -2.49. The van der Waals surface area contributed by atoms with Gasteiger partial charge in [-0.25, -0.2) is 0 Å². The first-order chi connectivity index (χ1) is 14.1. The minimum atomic E-state index is -0.0724. The average Bonchev–Trinajstić information content (AvgIpc) is 2.71. The number of nitrogens with one attached hydrogen (secondary N) is 1. The van der Waals surface area contributed by atoms with Crippen molar-refractivity contribution in [3.05, 3.63) is 11.3 Å². The summed E-state index contributed by atoms with van der Waals surface area (Å²) in [5.41, 5.74) is 3.25. The third-order valence-corrected chi connectivity index (χ3v) is 8.16. The monoisotopic (exact) mass is 419 g/mol. The maximum absolute atomic E-state index is 6.21. The maximum atomic E-state index is 6.21. The smallest absolute Gasteiger partial charge is 0.108 e. The first-order valence-electron chi connectivity index (χ1n) is 12.8. The van der Waals surface area contributed by atoms with Crippen LogP contribution in [0.15, 0.2) is 11.3 Å². The third kappa shape index (κ3) is 5.42. The van der Waals surface area contributed by atoms with Gasteiger partial charge in [-0.1, -0.05) is 27.2 Å². The molecule has 3 rings (SSSR count). The lowest BCUT2D eigenvalue weighted by Crippen LogP contribution is -2.55. The van der Waals surface area contributed by atoms with Crippen molar-refractivity contribution >= 4 is 0 Å². The van der Waals surface area contributed by atoms with Gasteiger partial charge in [0.1, 0.15) is 6.23 Å². The molecule has 174 valence electrons. The standard InChI is InChI=1S/C26H49N3O/c1-9-18(3)22-17-23-19(4)29(16-13-25(23)27-24(22)10-2)21-11-14-28(15-12-21)20(5)30-26(6,7)8/h18-22,24,27H,9-17H2,1-8H3/t18-,19-,20-,22?,24?/m1/s1. The van der Waals surface area contributed by atoms with Gasteiger partial charge in [0.2, 0.25) is 0 Å². The highest BCUT2D eigenvalue weighted by atomic mass is 16.5. The molecular formula is C26H49N3O. The Kier molecular flexibility index (Phi) is 7.96. The Morgan fingerprint density at radius 3 is 2.33 bits per heavy atom. The molecule has 1 N–H and O–H groups in total. The molecule has 30 heavy (non-hydrogen) atoms. The van der Waals surface area contributed by atoms with E-state index in [1.54, 1.807) is 11.3 Å². The predicted molar refractivity (Wildman–Crippen MR) is 127 cm³/mol. The molecule has 4 nitrogen and oxygen atoms in total. The summed E-state index contributed by atoms with van der Waals surface area (Å²) in [6.45, 7) is 21.9. The summed E-state index contributed by atoms with van der Waals surface area (Å²) in [6, 6.07) is 1.98. The van der Waals surface area contributed by atoms with E-state index in [4.69, 9.17) is 4.74 Å². The van der Waals surface area contributed by atoms with Gasteiger partial charge in [0.15, 0.2) is 0 Å². The highest BCUT2D eigenvalue weighted by Crippen LogP contribution is 2.39. The van der Waals surface area contributed by atoms with Crippen LogP contribution in [0.1, 0.15) is 93.9 Å². The Morgan fingerprint density at radius 1 is 1.10 bits per heavy atom. The van der Waals surface area contributed by atoms with Crippen molar-refractivity contribution in [1.29, 1.82) is 0 Å². The number of likely N-dealkylation sites (tertiary alicyclic amines) is 1. The van der Waals surface area contributed by atoms with Gasteiger partial charge in [-0.2, -0.15) is 0 Å². The number of rotatable bonds is 6. The van der Waals surface area contributed by atoms with Crippen LogP contribution in [0.4, 0.5) is 0 Å². The second-order valence-electron chi connectivity index (χ2n) is 11.2. The first kappa shape index (κ1) is 24.1. The SMILES string of the molecule is CCC1NC2=C(CC1[C@H](C)CC)[C@@H](C)N(C1CCN([C@@H](C)OC(C)(C)C)CC1)CC2. The quantitative estimate of drug-likeness (QED) is 0.624. The van der Waals surface area contributed by atoms with Gasteiger partial charge in [0.25, 0.3) is 0 Å². The van der Waals surface area contributed by atoms with E-state index in [2.05, 4.69) is 70.5 Å². The molecule has 3 heterocycles. The fourth-order valence-electron chi connectivity index (χ4n) is 6.20. The largest absolute Gasteiger partial charge is 0.385 e. The molecule has 0 bridgehead atoms. The molecule has 0 aromatic carbocycles. The number of hydrogen-bond donors (Lipinski definition) is 1. The van der Waals surface area contributed by atoms with Gasteiger partial charge >= 0.3 is 0 Å². The number of ether oxygens (including phenoxy) is 1. The van der Waals surface area contributed by atoms with E-state index >= 15 is 0 Å². The van der Waals surface area contributed by atoms with Crippen LogP contribution in [0.5, 0.6) is 0 Å². The zero-order chi connectivity index (χ0) is 22.1. The molecule has 3 aliphatic rings. The number of hydrogen-bond acceptors (Lipinski definition) is 4. The highest BCUT2D eigenvalue weighted by Gasteiger charge is 2.39. The minimum absolute atomic E-state index is 0.0724. The Hall–Kier alpha value is -0.580. The van der Waals surface area contributed by atoms with Gasteiger partial charge in [-0.15, -0.1) is 0 Å². The van der Waals surface area contributed by atoms with E-state index < -0.39 is 0 Å². The fraction of sp³-hybridized carbons (Fsp3) is 0.923. The highest BCUT2D eigenvalue weighted by molar-refractivity contribution is 5.27. The molecule has 0 radical (unpaired) electrons. The third-order valence-electron chi connectivity index (χ3n) is 8.16. The van der Waals surface area contributed by atoms with Crippen molar-refractivity contribution < 1.29 is 4.74 Å². The van der Waals surface area contributed by atoms with Gasteiger partial charge in [0.05, 0.1) is 5.60 Å². The number of piperidine rings is 1. The Morgan fingerprint density at radius 2 is 1.77 bits per heavy atom. The molecule has 0 aromatic heterocycles. The Labute approximate surface area is 186 Å². The van der Waals surface area contributed by atoms with E-state index in [1.165, 1.54) is 45.1 Å². The molecule has 1 saturated heterocycles. The van der Waals surface area contributed by atoms with E-state index in [0.29, 0.717) is 12.1 Å². The van der Waals surface area contributed by atoms with Crippen LogP contribution in [-0.4, -0.2) is 59.4 Å². The summed E-state index contributed by atoms with van der Waals surface area (Å²) in [5.74, 6) is 1.59. The summed E-state index contributed by atoms with van der Waals surface area (Å²) >= 11 is 0. The lowest BCUT2D eigenvalue weighted by atomic mass is 9.74. The van der Waals surface area contributed by atoms with Crippen LogP contribution in [0.2, 0.25) is 0 Å². The van der Waals surface area contributed by atoms with Crippen LogP contribution in [0.25, 0.3) is 0 Å². The summed E-state index contributed by atoms with van der Waals surface area (Å²) in [4.78, 5) is 5.38. The van der Waals surface area contributed by atoms with E-state index in [1.807, 2.05) is 0 Å². The second-order valence-corrected chi connectivity index (χ2v) is 11.2. The van der Waals surface area contributed by atoms with Crippen molar-refractivity contribution in [2.45, 2.75) is 124 Å². The van der Waals surface area contributed by atoms with Crippen LogP contribution >= 0.6 is 0 Å². The molecule has 0 aliphatic carbocycles. The fourth-order valence-corrected chi connectivity index (χ4v) is 6.20. The molecule has 0 spiro atoms. The second kappa shape index (κ2) is 9.92. The molecular weight excluding hydrogens is 370 g/mol. The summed E-state index contributed by atoms with van der Waals surface area (Å²) < 4.78 is 6.21. The van der Waals surface area contributed by atoms with Gasteiger partial charge in [-0.05, 0) is 84.1 Å². The summed E-state index contributed by atoms with van der Waals surface area (Å²) in [7, 11) is 0. The van der Waals surface area contributed by atoms with E-state index in [-0.39, 0.29) is 11.8 Å². The van der Waals surface area contributed by atoms with Gasteiger partial charge < -0.3 is 10.1 Å². The topological polar surface area (TPSA) is 27.7 Å². The lowest BCUT2D eigenvalue weighted by molar-refractivity contribution is -0.132. The predicted octanol–water partition coefficient (Wildman–Crippen LogP) is 5.39. The molecule has 0 aromatic rings. The molecule has 1 fully saturated rings. The van der Waals surface area contributed by atoms with Gasteiger partial charge in [0, 0.05) is 43.5 Å². The van der Waals surface area contributed by atoms with Crippen molar-refractivity contribution in [3.63, 3.8) is 0 Å². The zero-order valence-corrected chi connectivity index (χ0v) is 21.1. The van der Waals surface area contributed by atoms with Crippen molar-refractivity contribution in [3.8, 4) is 0 Å². The van der Waals surface area contributed by atoms with Gasteiger partial charge in [-0.3, -0.25) is 9.80 Å². The van der Waals surface area contributed by atoms with Crippen LogP contribution in [-0.2, 0) is 4.74 Å². The molecule has 2 unspecified atom stereocenters. The van der Waals surface area contributed by atoms with Crippen molar-refractivity contribution in [2.75, 3.05) is 19.6 Å². The first-order valence-corrected chi connectivity index (χ1v) is 12.8. The Balaban J connectivity index is 1.62. The molecule has 0 amide bonds. The van der Waals surface area contributed by atoms with Crippen molar-refractivity contribution in [2.24, 2.45) is 11.8 Å². The minimum Gasteiger partial charge on any atom is -0.385 e. The molecule has 3 aliphatic heterocycles.